The van der Waals surface area contributed by atoms with Crippen LogP contribution in [-0.2, 0) is 25.7 Å². The maximum absolute atomic E-state index is 12.7. The molecule has 132 valence electrons. The number of amides is 1. The summed E-state index contributed by atoms with van der Waals surface area (Å²) in [5, 5.41) is 0.851. The van der Waals surface area contributed by atoms with Gasteiger partial charge in [-0.05, 0) is 24.6 Å². The Hall–Kier alpha value is -2.05. The van der Waals surface area contributed by atoms with Crippen molar-refractivity contribution in [1.82, 2.24) is 9.80 Å². The lowest BCUT2D eigenvalue weighted by molar-refractivity contribution is -0.144. The lowest BCUT2D eigenvalue weighted by atomic mass is 10.1. The molecule has 1 aromatic rings. The van der Waals surface area contributed by atoms with Crippen molar-refractivity contribution in [2.45, 2.75) is 19.5 Å². The number of rotatable bonds is 4. The van der Waals surface area contributed by atoms with E-state index in [9.17, 15) is 14.4 Å². The fourth-order valence-electron chi connectivity index (χ4n) is 2.95. The molecule has 6 nitrogen and oxygen atoms in total. The van der Waals surface area contributed by atoms with Gasteiger partial charge in [0.2, 0.25) is 5.78 Å². The van der Waals surface area contributed by atoms with Crippen molar-refractivity contribution in [2.75, 3.05) is 19.7 Å². The zero-order valence-electron chi connectivity index (χ0n) is 13.5. The first-order valence-electron chi connectivity index (χ1n) is 7.84. The number of ketones is 1. The van der Waals surface area contributed by atoms with Gasteiger partial charge in [0, 0.05) is 25.8 Å². The number of Topliss-reactive ketones (excluding diaryl/α,β-unsaturated/α-hetero) is 1. The van der Waals surface area contributed by atoms with Crippen molar-refractivity contribution in [1.29, 1.82) is 0 Å². The van der Waals surface area contributed by atoms with E-state index in [4.69, 9.17) is 27.9 Å². The van der Waals surface area contributed by atoms with E-state index in [0.717, 1.165) is 5.56 Å². The molecule has 1 aromatic carbocycles. The van der Waals surface area contributed by atoms with Crippen LogP contribution in [0.1, 0.15) is 12.5 Å². The molecule has 2 heterocycles. The fraction of sp³-hybridized carbons (Fsp3) is 0.353. The second-order valence-electron chi connectivity index (χ2n) is 5.78. The van der Waals surface area contributed by atoms with Gasteiger partial charge in [0.25, 0.3) is 5.91 Å². The molecular formula is C17H16Cl2N2O4. The summed E-state index contributed by atoms with van der Waals surface area (Å²) >= 11 is 11.9. The molecule has 25 heavy (non-hydrogen) atoms. The van der Waals surface area contributed by atoms with Gasteiger partial charge in [0.05, 0.1) is 16.7 Å². The number of carbonyl (C=O) groups excluding carboxylic acids is 3. The SMILES string of the molecule is CCOC(=O)C1=CN2CCN(Cc3ccc(Cl)c(Cl)c3)C(=O)C2C1=O. The van der Waals surface area contributed by atoms with Gasteiger partial charge in [-0.1, -0.05) is 29.3 Å². The lowest BCUT2D eigenvalue weighted by Crippen LogP contribution is -2.55. The summed E-state index contributed by atoms with van der Waals surface area (Å²) in [6.45, 7) is 3.06. The van der Waals surface area contributed by atoms with E-state index in [0.29, 0.717) is 29.7 Å². The molecule has 1 fully saturated rings. The zero-order chi connectivity index (χ0) is 18.1. The Morgan fingerprint density at radius 2 is 2.00 bits per heavy atom. The summed E-state index contributed by atoms with van der Waals surface area (Å²) in [7, 11) is 0. The number of piperazine rings is 1. The smallest absolute Gasteiger partial charge is 0.343 e. The van der Waals surface area contributed by atoms with Crippen molar-refractivity contribution in [2.24, 2.45) is 0 Å². The molecule has 1 unspecified atom stereocenters. The maximum atomic E-state index is 12.7. The minimum Gasteiger partial charge on any atom is -0.462 e. The van der Waals surface area contributed by atoms with Crippen molar-refractivity contribution >= 4 is 40.9 Å². The zero-order valence-corrected chi connectivity index (χ0v) is 15.0. The number of nitrogens with zero attached hydrogens (tertiary/aromatic N) is 2. The highest BCUT2D eigenvalue weighted by molar-refractivity contribution is 6.42. The minimum atomic E-state index is -0.990. The molecule has 0 radical (unpaired) electrons. The molecule has 3 rings (SSSR count). The van der Waals surface area contributed by atoms with Crippen LogP contribution < -0.4 is 0 Å². The average Bonchev–Trinajstić information content (AvgIpc) is 2.91. The first-order valence-corrected chi connectivity index (χ1v) is 8.59. The Morgan fingerprint density at radius 1 is 1.24 bits per heavy atom. The van der Waals surface area contributed by atoms with Crippen molar-refractivity contribution in [3.05, 3.63) is 45.6 Å². The van der Waals surface area contributed by atoms with Gasteiger partial charge in [0.15, 0.2) is 6.04 Å². The number of halogens is 2. The highest BCUT2D eigenvalue weighted by Crippen LogP contribution is 2.27. The summed E-state index contributed by atoms with van der Waals surface area (Å²) in [6.07, 6.45) is 1.43. The number of hydrogen-bond donors (Lipinski definition) is 0. The molecule has 1 saturated heterocycles. The maximum Gasteiger partial charge on any atom is 0.343 e. The molecule has 2 aliphatic rings. The van der Waals surface area contributed by atoms with Crippen molar-refractivity contribution < 1.29 is 19.1 Å². The predicted molar refractivity (Wildman–Crippen MR) is 92.1 cm³/mol. The van der Waals surface area contributed by atoms with E-state index in [1.807, 2.05) is 0 Å². The van der Waals surface area contributed by atoms with Gasteiger partial charge in [-0.15, -0.1) is 0 Å². The Labute approximate surface area is 154 Å². The molecule has 0 aromatic heterocycles. The summed E-state index contributed by atoms with van der Waals surface area (Å²) in [5.74, 6) is -1.54. The van der Waals surface area contributed by atoms with E-state index in [-0.39, 0.29) is 18.1 Å². The minimum absolute atomic E-state index is 0.0726. The van der Waals surface area contributed by atoms with Gasteiger partial charge < -0.3 is 14.5 Å². The lowest BCUT2D eigenvalue weighted by Gasteiger charge is -2.36. The number of hydrogen-bond acceptors (Lipinski definition) is 5. The van der Waals surface area contributed by atoms with Crippen LogP contribution >= 0.6 is 23.2 Å². The summed E-state index contributed by atoms with van der Waals surface area (Å²) in [4.78, 5) is 40.2. The largest absolute Gasteiger partial charge is 0.462 e. The van der Waals surface area contributed by atoms with Gasteiger partial charge in [0.1, 0.15) is 5.57 Å². The Morgan fingerprint density at radius 3 is 2.68 bits per heavy atom. The number of ether oxygens (including phenoxy) is 1. The van der Waals surface area contributed by atoms with Crippen LogP contribution in [0.15, 0.2) is 30.0 Å². The third kappa shape index (κ3) is 3.37. The van der Waals surface area contributed by atoms with Crippen LogP contribution in [0.5, 0.6) is 0 Å². The highest BCUT2D eigenvalue weighted by atomic mass is 35.5. The van der Waals surface area contributed by atoms with E-state index < -0.39 is 17.8 Å². The van der Waals surface area contributed by atoms with Gasteiger partial charge >= 0.3 is 5.97 Å². The Kier molecular flexibility index (Phi) is 5.01. The molecule has 0 bridgehead atoms. The van der Waals surface area contributed by atoms with E-state index in [2.05, 4.69) is 0 Å². The number of esters is 1. The first-order chi connectivity index (χ1) is 11.9. The van der Waals surface area contributed by atoms with E-state index in [1.54, 1.807) is 34.9 Å². The van der Waals surface area contributed by atoms with Crippen LogP contribution in [0, 0.1) is 0 Å². The summed E-state index contributed by atoms with van der Waals surface area (Å²) < 4.78 is 4.88. The van der Waals surface area contributed by atoms with Crippen molar-refractivity contribution in [3.63, 3.8) is 0 Å². The fourth-order valence-corrected chi connectivity index (χ4v) is 3.27. The molecule has 0 saturated carbocycles. The Bertz CT molecular complexity index is 778. The average molecular weight is 383 g/mol. The Balaban J connectivity index is 1.74. The third-order valence-electron chi connectivity index (χ3n) is 4.17. The molecular weight excluding hydrogens is 367 g/mol. The molecule has 0 aliphatic carbocycles. The van der Waals surface area contributed by atoms with Crippen LogP contribution in [0.2, 0.25) is 10.0 Å². The normalized spacial score (nSPS) is 19.8. The van der Waals surface area contributed by atoms with Gasteiger partial charge in [-0.3, -0.25) is 9.59 Å². The standard InChI is InChI=1S/C17H16Cl2N2O4/c1-2-25-17(24)11-9-20-5-6-21(16(23)14(20)15(11)22)8-10-3-4-12(18)13(19)7-10/h3-4,7,9,14H,2,5-6,8H2,1H3. The number of carbonyl (C=O) groups is 3. The monoisotopic (exact) mass is 382 g/mol. The van der Waals surface area contributed by atoms with E-state index >= 15 is 0 Å². The molecule has 2 aliphatic heterocycles. The molecule has 0 N–H and O–H groups in total. The van der Waals surface area contributed by atoms with Crippen molar-refractivity contribution in [3.8, 4) is 0 Å². The quantitative estimate of drug-likeness (QED) is 0.452. The van der Waals surface area contributed by atoms with Gasteiger partial charge in [-0.25, -0.2) is 4.79 Å². The predicted octanol–water partition coefficient (Wildman–Crippen LogP) is 2.04. The number of benzene rings is 1. The third-order valence-corrected chi connectivity index (χ3v) is 4.91. The molecule has 1 amide bonds. The van der Waals surface area contributed by atoms with Crippen LogP contribution in [0.3, 0.4) is 0 Å². The van der Waals surface area contributed by atoms with Gasteiger partial charge in [-0.2, -0.15) is 0 Å². The molecule has 1 atom stereocenters. The highest BCUT2D eigenvalue weighted by Gasteiger charge is 2.46. The second-order valence-corrected chi connectivity index (χ2v) is 6.59. The van der Waals surface area contributed by atoms with E-state index in [1.165, 1.54) is 6.20 Å². The summed E-state index contributed by atoms with van der Waals surface area (Å²) in [6, 6.07) is 4.16. The van der Waals surface area contributed by atoms with Crippen LogP contribution in [0.25, 0.3) is 0 Å². The van der Waals surface area contributed by atoms with Crippen LogP contribution in [0.4, 0.5) is 0 Å². The molecule has 8 heteroatoms. The summed E-state index contributed by atoms with van der Waals surface area (Å²) in [5.41, 5.74) is 0.747. The topological polar surface area (TPSA) is 66.9 Å². The molecule has 0 spiro atoms. The van der Waals surface area contributed by atoms with Crippen LogP contribution in [-0.4, -0.2) is 53.2 Å². The first kappa shape index (κ1) is 17.8. The number of fused-ring (bicyclic) bond motifs is 1. The second kappa shape index (κ2) is 7.06.